The zero-order chi connectivity index (χ0) is 22.3. The predicted octanol–water partition coefficient (Wildman–Crippen LogP) is 4.91. The van der Waals surface area contributed by atoms with Crippen LogP contribution in [-0.2, 0) is 16.8 Å². The van der Waals surface area contributed by atoms with E-state index in [2.05, 4.69) is 31.4 Å². The van der Waals surface area contributed by atoms with E-state index in [9.17, 15) is 9.59 Å². The molecule has 6 heteroatoms. The summed E-state index contributed by atoms with van der Waals surface area (Å²) < 4.78 is 10.8. The van der Waals surface area contributed by atoms with Crippen molar-refractivity contribution in [1.82, 2.24) is 5.32 Å². The molecule has 0 aliphatic carbocycles. The number of para-hydroxylation sites is 1. The second-order valence-electron chi connectivity index (χ2n) is 7.91. The van der Waals surface area contributed by atoms with Gasteiger partial charge >= 0.3 is 0 Å². The lowest BCUT2D eigenvalue weighted by Gasteiger charge is -2.23. The molecule has 3 aromatic rings. The van der Waals surface area contributed by atoms with Crippen LogP contribution in [0.3, 0.4) is 0 Å². The van der Waals surface area contributed by atoms with Gasteiger partial charge in [0.15, 0.2) is 6.61 Å². The van der Waals surface area contributed by atoms with Gasteiger partial charge in [0, 0.05) is 0 Å². The number of carbonyl (C=O) groups is 2. The van der Waals surface area contributed by atoms with Crippen molar-refractivity contribution < 1.29 is 18.7 Å². The van der Waals surface area contributed by atoms with Gasteiger partial charge in [-0.05, 0) is 53.8 Å². The van der Waals surface area contributed by atoms with Gasteiger partial charge in [-0.15, -0.1) is 0 Å². The first-order valence-corrected chi connectivity index (χ1v) is 10.3. The average Bonchev–Trinajstić information content (AvgIpc) is 3.30. The quantitative estimate of drug-likeness (QED) is 0.515. The standard InChI is InChI=1S/C25H28N2O4/c1-4-25(2,3)18-11-13-19(14-12-18)31-17-23(28)27-22-10-6-5-9-21(22)24(29)26-16-20-8-7-15-30-20/h5-15H,4,16-17H2,1-3H3,(H,26,29)(H,27,28). The first-order chi connectivity index (χ1) is 14.9. The highest BCUT2D eigenvalue weighted by Crippen LogP contribution is 2.28. The third kappa shape index (κ3) is 5.98. The number of benzene rings is 2. The third-order valence-electron chi connectivity index (χ3n) is 5.34. The van der Waals surface area contributed by atoms with Gasteiger partial charge in [-0.3, -0.25) is 9.59 Å². The summed E-state index contributed by atoms with van der Waals surface area (Å²) in [6.07, 6.45) is 2.58. The summed E-state index contributed by atoms with van der Waals surface area (Å²) in [6.45, 7) is 6.65. The van der Waals surface area contributed by atoms with E-state index in [1.54, 1.807) is 42.7 Å². The van der Waals surface area contributed by atoms with Gasteiger partial charge in [-0.1, -0.05) is 45.0 Å². The highest BCUT2D eigenvalue weighted by molar-refractivity contribution is 6.03. The maximum atomic E-state index is 12.5. The smallest absolute Gasteiger partial charge is 0.262 e. The molecular weight excluding hydrogens is 392 g/mol. The molecule has 1 heterocycles. The Morgan fingerprint density at radius 2 is 1.74 bits per heavy atom. The van der Waals surface area contributed by atoms with E-state index >= 15 is 0 Å². The van der Waals surface area contributed by atoms with Crippen LogP contribution < -0.4 is 15.4 Å². The van der Waals surface area contributed by atoms with Crippen LogP contribution in [0.2, 0.25) is 0 Å². The van der Waals surface area contributed by atoms with Crippen LogP contribution in [0, 0.1) is 0 Å². The molecule has 162 valence electrons. The fourth-order valence-electron chi connectivity index (χ4n) is 3.01. The normalized spacial score (nSPS) is 11.1. The second-order valence-corrected chi connectivity index (χ2v) is 7.91. The molecule has 1 aromatic heterocycles. The van der Waals surface area contributed by atoms with Gasteiger partial charge < -0.3 is 19.8 Å². The first kappa shape index (κ1) is 22.2. The van der Waals surface area contributed by atoms with E-state index in [0.29, 0.717) is 22.8 Å². The Bertz CT molecular complexity index is 1010. The fourth-order valence-corrected chi connectivity index (χ4v) is 3.01. The molecule has 3 rings (SSSR count). The van der Waals surface area contributed by atoms with Crippen molar-refractivity contribution in [3.05, 3.63) is 83.8 Å². The molecule has 0 saturated heterocycles. The summed E-state index contributed by atoms with van der Waals surface area (Å²) in [5.74, 6) is 0.624. The van der Waals surface area contributed by atoms with E-state index in [-0.39, 0.29) is 30.4 Å². The van der Waals surface area contributed by atoms with Crippen LogP contribution in [0.25, 0.3) is 0 Å². The molecule has 2 amide bonds. The maximum Gasteiger partial charge on any atom is 0.262 e. The van der Waals surface area contributed by atoms with Crippen LogP contribution in [0.15, 0.2) is 71.3 Å². The molecule has 6 nitrogen and oxygen atoms in total. The first-order valence-electron chi connectivity index (χ1n) is 10.3. The van der Waals surface area contributed by atoms with E-state index in [4.69, 9.17) is 9.15 Å². The van der Waals surface area contributed by atoms with Crippen molar-refractivity contribution in [3.8, 4) is 5.75 Å². The summed E-state index contributed by atoms with van der Waals surface area (Å²) >= 11 is 0. The minimum Gasteiger partial charge on any atom is -0.484 e. The van der Waals surface area contributed by atoms with Crippen molar-refractivity contribution >= 4 is 17.5 Å². The van der Waals surface area contributed by atoms with Crippen LogP contribution >= 0.6 is 0 Å². The molecule has 0 radical (unpaired) electrons. The number of rotatable bonds is 9. The van der Waals surface area contributed by atoms with Gasteiger partial charge in [0.1, 0.15) is 11.5 Å². The molecule has 0 fully saturated rings. The highest BCUT2D eigenvalue weighted by atomic mass is 16.5. The number of hydrogen-bond acceptors (Lipinski definition) is 4. The minimum absolute atomic E-state index is 0.0944. The van der Waals surface area contributed by atoms with Crippen LogP contribution in [0.4, 0.5) is 5.69 Å². The number of nitrogens with one attached hydrogen (secondary N) is 2. The Morgan fingerprint density at radius 1 is 1.00 bits per heavy atom. The molecule has 0 saturated carbocycles. The molecule has 31 heavy (non-hydrogen) atoms. The lowest BCUT2D eigenvalue weighted by Crippen LogP contribution is -2.26. The largest absolute Gasteiger partial charge is 0.484 e. The Kier molecular flexibility index (Phi) is 7.13. The molecule has 0 aliphatic heterocycles. The molecular formula is C25H28N2O4. The lowest BCUT2D eigenvalue weighted by atomic mass is 9.82. The Hall–Kier alpha value is -3.54. The SMILES string of the molecule is CCC(C)(C)c1ccc(OCC(=O)Nc2ccccc2C(=O)NCc2ccco2)cc1. The number of furan rings is 1. The van der Waals surface area contributed by atoms with Crippen molar-refractivity contribution in [1.29, 1.82) is 0 Å². The summed E-state index contributed by atoms with van der Waals surface area (Å²) in [7, 11) is 0. The van der Waals surface area contributed by atoms with Crippen molar-refractivity contribution in [2.45, 2.75) is 39.2 Å². The van der Waals surface area contributed by atoms with Gasteiger partial charge in [-0.25, -0.2) is 0 Å². The topological polar surface area (TPSA) is 80.6 Å². The molecule has 0 atom stereocenters. The number of ether oxygens (including phenoxy) is 1. The summed E-state index contributed by atoms with van der Waals surface area (Å²) in [5.41, 5.74) is 2.11. The molecule has 2 N–H and O–H groups in total. The van der Waals surface area contributed by atoms with E-state index < -0.39 is 0 Å². The van der Waals surface area contributed by atoms with Crippen molar-refractivity contribution in [2.24, 2.45) is 0 Å². The van der Waals surface area contributed by atoms with Gasteiger partial charge in [0.25, 0.3) is 11.8 Å². The number of amides is 2. The van der Waals surface area contributed by atoms with Crippen LogP contribution in [0.5, 0.6) is 5.75 Å². The summed E-state index contributed by atoms with van der Waals surface area (Å²) in [5, 5.41) is 5.53. The van der Waals surface area contributed by atoms with E-state index in [1.807, 2.05) is 24.3 Å². The Morgan fingerprint density at radius 3 is 2.42 bits per heavy atom. The maximum absolute atomic E-state index is 12.5. The number of carbonyl (C=O) groups excluding carboxylic acids is 2. The van der Waals surface area contributed by atoms with Crippen molar-refractivity contribution in [3.63, 3.8) is 0 Å². The summed E-state index contributed by atoms with van der Waals surface area (Å²) in [4.78, 5) is 24.9. The molecule has 0 spiro atoms. The van der Waals surface area contributed by atoms with Gasteiger partial charge in [-0.2, -0.15) is 0 Å². The Labute approximate surface area is 182 Å². The second kappa shape index (κ2) is 9.98. The average molecular weight is 421 g/mol. The highest BCUT2D eigenvalue weighted by Gasteiger charge is 2.18. The molecule has 0 unspecified atom stereocenters. The molecule has 0 aliphatic rings. The lowest BCUT2D eigenvalue weighted by molar-refractivity contribution is -0.118. The minimum atomic E-state index is -0.343. The predicted molar refractivity (Wildman–Crippen MR) is 120 cm³/mol. The summed E-state index contributed by atoms with van der Waals surface area (Å²) in [6, 6.07) is 18.2. The van der Waals surface area contributed by atoms with Gasteiger partial charge in [0.05, 0.1) is 24.1 Å². The number of hydrogen-bond donors (Lipinski definition) is 2. The van der Waals surface area contributed by atoms with Crippen molar-refractivity contribution in [2.75, 3.05) is 11.9 Å². The number of anilines is 1. The fraction of sp³-hybridized carbons (Fsp3) is 0.280. The van der Waals surface area contributed by atoms with E-state index in [1.165, 1.54) is 5.56 Å². The Balaban J connectivity index is 1.56. The zero-order valence-corrected chi connectivity index (χ0v) is 18.1. The van der Waals surface area contributed by atoms with Gasteiger partial charge in [0.2, 0.25) is 0 Å². The monoisotopic (exact) mass is 420 g/mol. The third-order valence-corrected chi connectivity index (χ3v) is 5.34. The molecule has 0 bridgehead atoms. The zero-order valence-electron chi connectivity index (χ0n) is 18.1. The van der Waals surface area contributed by atoms with Crippen LogP contribution in [0.1, 0.15) is 48.9 Å². The molecule has 2 aromatic carbocycles. The van der Waals surface area contributed by atoms with Crippen LogP contribution in [-0.4, -0.2) is 18.4 Å². The van der Waals surface area contributed by atoms with E-state index in [0.717, 1.165) is 6.42 Å².